The van der Waals surface area contributed by atoms with E-state index in [0.717, 1.165) is 0 Å². The third-order valence-corrected chi connectivity index (χ3v) is 1.53. The standard InChI is InChI=1S/C8H18.CH4N2O/c1-3-5-7-8-6-4-2;2-3-1-4/h3-8H2,1-2H3;1H,2H2,(H,3,4). The van der Waals surface area contributed by atoms with Crippen LogP contribution < -0.4 is 11.3 Å². The Labute approximate surface area is 75.7 Å². The molecule has 1 amide bonds. The second-order valence-electron chi connectivity index (χ2n) is 2.70. The van der Waals surface area contributed by atoms with E-state index in [2.05, 4.69) is 19.7 Å². The second-order valence-corrected chi connectivity index (χ2v) is 2.70. The Balaban J connectivity index is 0. The van der Waals surface area contributed by atoms with Crippen molar-refractivity contribution in [2.45, 2.75) is 52.4 Å². The molecule has 0 radical (unpaired) electrons. The first-order valence-electron chi connectivity index (χ1n) is 4.73. The van der Waals surface area contributed by atoms with Gasteiger partial charge in [0, 0.05) is 0 Å². The van der Waals surface area contributed by atoms with Gasteiger partial charge in [-0.1, -0.05) is 52.4 Å². The number of amides is 1. The fourth-order valence-corrected chi connectivity index (χ4v) is 0.854. The second kappa shape index (κ2) is 16.8. The minimum absolute atomic E-state index is 0.403. The number of hydrogen-bond acceptors (Lipinski definition) is 2. The SMILES string of the molecule is CCCCCCCC.NNC=O. The Morgan fingerprint density at radius 3 is 1.58 bits per heavy atom. The van der Waals surface area contributed by atoms with Crippen molar-refractivity contribution in [2.75, 3.05) is 0 Å². The summed E-state index contributed by atoms with van der Waals surface area (Å²) in [7, 11) is 0. The van der Waals surface area contributed by atoms with Crippen LogP contribution in [0, 0.1) is 0 Å². The van der Waals surface area contributed by atoms with Crippen molar-refractivity contribution in [3.05, 3.63) is 0 Å². The van der Waals surface area contributed by atoms with Gasteiger partial charge in [0.2, 0.25) is 6.41 Å². The van der Waals surface area contributed by atoms with Crippen LogP contribution in [0.2, 0.25) is 0 Å². The van der Waals surface area contributed by atoms with Crippen LogP contribution in [0.25, 0.3) is 0 Å². The van der Waals surface area contributed by atoms with Gasteiger partial charge in [0.25, 0.3) is 0 Å². The zero-order valence-electron chi connectivity index (χ0n) is 8.31. The molecule has 0 heterocycles. The molecule has 3 nitrogen and oxygen atoms in total. The number of nitrogens with one attached hydrogen (secondary N) is 1. The maximum absolute atomic E-state index is 8.94. The van der Waals surface area contributed by atoms with Crippen LogP contribution in [0.3, 0.4) is 0 Å². The lowest BCUT2D eigenvalue weighted by Crippen LogP contribution is -2.18. The molecule has 0 aliphatic heterocycles. The van der Waals surface area contributed by atoms with Crippen molar-refractivity contribution in [3.8, 4) is 0 Å². The Morgan fingerprint density at radius 1 is 1.08 bits per heavy atom. The molecule has 0 rings (SSSR count). The van der Waals surface area contributed by atoms with E-state index in [4.69, 9.17) is 4.79 Å². The van der Waals surface area contributed by atoms with Gasteiger partial charge in [0.05, 0.1) is 0 Å². The fourth-order valence-electron chi connectivity index (χ4n) is 0.854. The summed E-state index contributed by atoms with van der Waals surface area (Å²) in [5.74, 6) is 4.41. The van der Waals surface area contributed by atoms with Crippen LogP contribution in [0.1, 0.15) is 52.4 Å². The number of hydrazine groups is 1. The summed E-state index contributed by atoms with van der Waals surface area (Å²) in [6.45, 7) is 4.51. The molecule has 0 aromatic carbocycles. The maximum atomic E-state index is 8.94. The molecule has 0 aliphatic rings. The summed E-state index contributed by atoms with van der Waals surface area (Å²) in [4.78, 5) is 8.94. The monoisotopic (exact) mass is 174 g/mol. The molecule has 0 aromatic heterocycles. The molecule has 74 valence electrons. The van der Waals surface area contributed by atoms with Crippen molar-refractivity contribution >= 4 is 6.41 Å². The van der Waals surface area contributed by atoms with E-state index < -0.39 is 0 Å². The first-order chi connectivity index (χ1) is 5.83. The van der Waals surface area contributed by atoms with Crippen molar-refractivity contribution in [1.29, 1.82) is 0 Å². The van der Waals surface area contributed by atoms with Gasteiger partial charge < -0.3 is 0 Å². The quantitative estimate of drug-likeness (QED) is 0.213. The van der Waals surface area contributed by atoms with Gasteiger partial charge in [0.15, 0.2) is 0 Å². The summed E-state index contributed by atoms with van der Waals surface area (Å²) < 4.78 is 0. The van der Waals surface area contributed by atoms with Gasteiger partial charge in [-0.15, -0.1) is 0 Å². The van der Waals surface area contributed by atoms with Crippen molar-refractivity contribution in [1.82, 2.24) is 5.43 Å². The highest BCUT2D eigenvalue weighted by molar-refractivity contribution is 5.44. The van der Waals surface area contributed by atoms with E-state index in [1.165, 1.54) is 38.5 Å². The molecule has 0 bridgehead atoms. The van der Waals surface area contributed by atoms with Crippen molar-refractivity contribution in [3.63, 3.8) is 0 Å². The number of rotatable bonds is 6. The van der Waals surface area contributed by atoms with Gasteiger partial charge >= 0.3 is 0 Å². The number of carbonyl (C=O) groups excluding carboxylic acids is 1. The van der Waals surface area contributed by atoms with Gasteiger partial charge in [-0.3, -0.25) is 10.2 Å². The molecule has 12 heavy (non-hydrogen) atoms. The number of hydrogen-bond donors (Lipinski definition) is 2. The molecule has 3 heteroatoms. The average Bonchev–Trinajstić information content (AvgIpc) is 2.13. The molecular formula is C9H22N2O. The third-order valence-electron chi connectivity index (χ3n) is 1.53. The van der Waals surface area contributed by atoms with Gasteiger partial charge in [-0.05, 0) is 0 Å². The van der Waals surface area contributed by atoms with E-state index in [1.54, 1.807) is 5.43 Å². The van der Waals surface area contributed by atoms with E-state index in [0.29, 0.717) is 6.41 Å². The summed E-state index contributed by atoms with van der Waals surface area (Å²) in [6, 6.07) is 0. The lowest BCUT2D eigenvalue weighted by atomic mass is 10.1. The number of nitrogens with two attached hydrogens (primary N) is 1. The first-order valence-corrected chi connectivity index (χ1v) is 4.73. The Morgan fingerprint density at radius 2 is 1.42 bits per heavy atom. The molecular weight excluding hydrogens is 152 g/mol. The van der Waals surface area contributed by atoms with Crippen LogP contribution in [0.5, 0.6) is 0 Å². The van der Waals surface area contributed by atoms with E-state index >= 15 is 0 Å². The Hall–Kier alpha value is -0.570. The predicted molar refractivity (Wildman–Crippen MR) is 52.4 cm³/mol. The van der Waals surface area contributed by atoms with Crippen molar-refractivity contribution in [2.24, 2.45) is 5.84 Å². The summed E-state index contributed by atoms with van der Waals surface area (Å²) in [5, 5.41) is 0. The third kappa shape index (κ3) is 22.7. The smallest absolute Gasteiger partial charge is 0.221 e. The van der Waals surface area contributed by atoms with Gasteiger partial charge in [-0.25, -0.2) is 5.84 Å². The van der Waals surface area contributed by atoms with Gasteiger partial charge in [-0.2, -0.15) is 0 Å². The molecule has 0 spiro atoms. The first kappa shape index (κ1) is 14.0. The molecule has 0 aromatic rings. The zero-order valence-corrected chi connectivity index (χ0v) is 8.31. The Bertz CT molecular complexity index is 70.9. The highest BCUT2D eigenvalue weighted by atomic mass is 16.1. The molecule has 0 unspecified atom stereocenters. The summed E-state index contributed by atoms with van der Waals surface area (Å²) in [6.07, 6.45) is 8.89. The molecule has 0 fully saturated rings. The van der Waals surface area contributed by atoms with Crippen LogP contribution in [0.4, 0.5) is 0 Å². The lowest BCUT2D eigenvalue weighted by Gasteiger charge is -1.93. The average molecular weight is 174 g/mol. The number of unbranched alkanes of at least 4 members (excludes halogenated alkanes) is 5. The molecule has 0 atom stereocenters. The highest BCUT2D eigenvalue weighted by Crippen LogP contribution is 2.03. The van der Waals surface area contributed by atoms with Gasteiger partial charge in [0.1, 0.15) is 0 Å². The summed E-state index contributed by atoms with van der Waals surface area (Å²) in [5.41, 5.74) is 1.75. The minimum Gasteiger partial charge on any atom is -0.297 e. The normalized spacial score (nSPS) is 8.25. The molecule has 0 saturated heterocycles. The topological polar surface area (TPSA) is 55.1 Å². The van der Waals surface area contributed by atoms with Crippen LogP contribution in [-0.2, 0) is 4.79 Å². The summed E-state index contributed by atoms with van der Waals surface area (Å²) >= 11 is 0. The van der Waals surface area contributed by atoms with Crippen LogP contribution >= 0.6 is 0 Å². The Kier molecular flexibility index (Phi) is 19.6. The van der Waals surface area contributed by atoms with E-state index in [9.17, 15) is 0 Å². The van der Waals surface area contributed by atoms with Crippen molar-refractivity contribution < 1.29 is 4.79 Å². The minimum atomic E-state index is 0.403. The van der Waals surface area contributed by atoms with Crippen LogP contribution in [-0.4, -0.2) is 6.41 Å². The van der Waals surface area contributed by atoms with E-state index in [1.807, 2.05) is 0 Å². The molecule has 0 saturated carbocycles. The largest absolute Gasteiger partial charge is 0.297 e. The van der Waals surface area contributed by atoms with E-state index in [-0.39, 0.29) is 0 Å². The molecule has 0 aliphatic carbocycles. The highest BCUT2D eigenvalue weighted by Gasteiger charge is 1.83. The maximum Gasteiger partial charge on any atom is 0.221 e. The molecule has 3 N–H and O–H groups in total. The predicted octanol–water partition coefficient (Wildman–Crippen LogP) is 1.97. The van der Waals surface area contributed by atoms with Crippen LogP contribution in [0.15, 0.2) is 0 Å². The number of carbonyl (C=O) groups is 1. The zero-order chi connectivity index (χ0) is 9.66. The fraction of sp³-hybridized carbons (Fsp3) is 0.889. The lowest BCUT2D eigenvalue weighted by molar-refractivity contribution is -0.109.